The van der Waals surface area contributed by atoms with Gasteiger partial charge in [0.15, 0.2) is 0 Å². The van der Waals surface area contributed by atoms with Crippen LogP contribution in [0, 0.1) is 21.9 Å². The summed E-state index contributed by atoms with van der Waals surface area (Å²) in [5.74, 6) is 2.17. The fraction of sp³-hybridized carbons (Fsp3) is 0.308. The van der Waals surface area contributed by atoms with Gasteiger partial charge in [0.1, 0.15) is 0 Å². The molecule has 7 nitrogen and oxygen atoms in total. The zero-order valence-electron chi connectivity index (χ0n) is 50.2. The fourth-order valence-electron chi connectivity index (χ4n) is 9.91. The molecule has 0 saturated heterocycles. The first-order valence-electron chi connectivity index (χ1n) is 28.2. The second-order valence-electron chi connectivity index (χ2n) is 24.3. The molecule has 1 aliphatic heterocycles. The molecular formula is C65H69BN6OPt-2. The first-order chi connectivity index (χ1) is 37.0. The molecule has 4 heterocycles. The van der Waals surface area contributed by atoms with Gasteiger partial charge in [-0.25, -0.2) is 0 Å². The van der Waals surface area contributed by atoms with Crippen LogP contribution in [0.4, 0.5) is 11.5 Å². The second-order valence-corrected chi connectivity index (χ2v) is 25.3. The van der Waals surface area contributed by atoms with E-state index in [0.29, 0.717) is 34.4 Å². The summed E-state index contributed by atoms with van der Waals surface area (Å²) in [6.45, 7) is 30.8. The third-order valence-electron chi connectivity index (χ3n) is 14.1. The molecule has 0 saturated carbocycles. The number of aromatic nitrogens is 5. The van der Waals surface area contributed by atoms with Crippen LogP contribution in [0.25, 0.3) is 55.9 Å². The fourth-order valence-corrected chi connectivity index (χ4v) is 11.0. The summed E-state index contributed by atoms with van der Waals surface area (Å²) >= 11 is 2.37. The quantitative estimate of drug-likeness (QED) is 0.107. The normalized spacial score (nSPS) is 14.1. The van der Waals surface area contributed by atoms with Gasteiger partial charge in [0.2, 0.25) is 0 Å². The average molecular weight is 1160 g/mol. The number of hydrogen-bond acceptors (Lipinski definition) is 4. The summed E-state index contributed by atoms with van der Waals surface area (Å²) in [6, 6.07) is 41.1. The molecule has 1 aliphatic rings. The van der Waals surface area contributed by atoms with Crippen molar-refractivity contribution in [2.45, 2.75) is 125 Å². The van der Waals surface area contributed by atoms with Crippen molar-refractivity contribution >= 4 is 29.5 Å². The van der Waals surface area contributed by atoms with Crippen molar-refractivity contribution in [3.8, 4) is 56.4 Å². The van der Waals surface area contributed by atoms with Gasteiger partial charge in [0.25, 0.3) is 0 Å². The van der Waals surface area contributed by atoms with Gasteiger partial charge in [0, 0.05) is 12.4 Å². The minimum atomic E-state index is -0.437. The van der Waals surface area contributed by atoms with Crippen LogP contribution in [0.3, 0.4) is 0 Å². The number of pyridine rings is 1. The monoisotopic (exact) mass is 1160 g/mol. The van der Waals surface area contributed by atoms with E-state index in [1.807, 2.05) is 54.9 Å². The van der Waals surface area contributed by atoms with E-state index in [0.717, 1.165) is 71.7 Å². The van der Waals surface area contributed by atoms with Gasteiger partial charge in [-0.3, -0.25) is 0 Å². The predicted molar refractivity (Wildman–Crippen MR) is 304 cm³/mol. The maximum atomic E-state index is 9.52. The molecule has 9 heteroatoms. The van der Waals surface area contributed by atoms with Gasteiger partial charge < -0.3 is 0 Å². The maximum absolute atomic E-state index is 9.52. The Morgan fingerprint density at radius 2 is 1.22 bits per heavy atom. The van der Waals surface area contributed by atoms with Gasteiger partial charge in [-0.15, -0.1) is 0 Å². The molecule has 9 aromatic rings. The van der Waals surface area contributed by atoms with Crippen LogP contribution >= 0.6 is 0 Å². The standard InChI is InChI=1S/C65H69BN6O.Pt/c1-43(2)41-66-71(60-38-46(29-31-67-60)62(3,4)5)59-40-52(27-28-53(59)56-30-32-68-72(56)66)73-51-24-20-23-50(39-51)69-42-70(58-26-19-18-25-57(58)69)61-54(44-21-16-15-17-22-44)36-49(65(12,13)14)37-55(61)45-33-47(63(6,7)8)35-48(34-45)64(9,10)11;/h15-38,43H,41H2,1-14H3;/q-2;/i15D,16D,17D,21D,22D;. The van der Waals surface area contributed by atoms with Gasteiger partial charge in [0.05, 0.1) is 0 Å². The third kappa shape index (κ3) is 9.71. The van der Waals surface area contributed by atoms with E-state index in [9.17, 15) is 2.74 Å². The number of imidazole rings is 1. The van der Waals surface area contributed by atoms with Crippen LogP contribution in [0.1, 0.15) is 126 Å². The van der Waals surface area contributed by atoms with Crippen LogP contribution < -0.4 is 9.55 Å². The van der Waals surface area contributed by atoms with Crippen molar-refractivity contribution in [3.05, 3.63) is 184 Å². The first kappa shape index (κ1) is 44.9. The Balaban J connectivity index is 1.19. The second kappa shape index (κ2) is 19.0. The van der Waals surface area contributed by atoms with Crippen molar-refractivity contribution in [3.63, 3.8) is 0 Å². The van der Waals surface area contributed by atoms with E-state index in [1.165, 1.54) is 5.56 Å². The van der Waals surface area contributed by atoms with E-state index in [2.05, 4.69) is 208 Å². The van der Waals surface area contributed by atoms with Gasteiger partial charge >= 0.3 is 385 Å². The number of ether oxygens (including phenoxy) is 1. The molecule has 0 spiro atoms. The molecule has 10 rings (SSSR count). The van der Waals surface area contributed by atoms with Crippen LogP contribution in [0.15, 0.2) is 146 Å². The molecule has 0 radical (unpaired) electrons. The SMILES string of the molecule is [2H]c1c([2H])c([2H])c(-c2cc(C(C)(C)C)cc(-c3cc(C(C)(C)C)cc(C(C)(C)C)c3)c2-n2[c](=[Pt])n(-c3[c-]c(Oc4[c-]c5c(cc4)-c4ccnn4B(CC(C)C)N5c4cc(C(C)(C)C)ccn4)ccc3)c3ccccc32)c([2H])c1[2H]. The summed E-state index contributed by atoms with van der Waals surface area (Å²) < 4.78 is 59.7. The van der Waals surface area contributed by atoms with E-state index in [-0.39, 0.29) is 53.0 Å². The topological polar surface area (TPSA) is 53.0 Å². The van der Waals surface area contributed by atoms with Gasteiger partial charge in [-0.05, 0) is 23.0 Å². The van der Waals surface area contributed by atoms with E-state index >= 15 is 0 Å². The van der Waals surface area contributed by atoms with Crippen molar-refractivity contribution < 1.29 is 30.9 Å². The van der Waals surface area contributed by atoms with E-state index < -0.39 is 11.5 Å². The van der Waals surface area contributed by atoms with Crippen molar-refractivity contribution in [1.82, 2.24) is 23.8 Å². The molecule has 0 fully saturated rings. The molecule has 74 heavy (non-hydrogen) atoms. The molecule has 380 valence electrons. The summed E-state index contributed by atoms with van der Waals surface area (Å²) in [5.41, 5.74) is 12.0. The number of benzene rings is 6. The van der Waals surface area contributed by atoms with Crippen LogP contribution in [-0.2, 0) is 41.0 Å². The van der Waals surface area contributed by atoms with E-state index in [1.54, 1.807) is 0 Å². The number of para-hydroxylation sites is 2. The predicted octanol–water partition coefficient (Wildman–Crippen LogP) is 16.8. The number of fused-ring (bicyclic) bond motifs is 4. The molecule has 0 bridgehead atoms. The molecule has 0 N–H and O–H groups in total. The van der Waals surface area contributed by atoms with Crippen molar-refractivity contribution in [2.75, 3.05) is 4.81 Å². The zero-order valence-corrected chi connectivity index (χ0v) is 47.5. The molecule has 0 unspecified atom stereocenters. The molecular weight excluding hydrogens is 1090 g/mol. The Bertz CT molecular complexity index is 3880. The summed E-state index contributed by atoms with van der Waals surface area (Å²) in [5, 5.41) is 4.86. The van der Waals surface area contributed by atoms with E-state index in [4.69, 9.17) is 18.9 Å². The van der Waals surface area contributed by atoms with Crippen LogP contribution in [-0.4, -0.2) is 30.8 Å². The molecule has 3 aromatic heterocycles. The minimum absolute atomic E-state index is 0.0988. The van der Waals surface area contributed by atoms with Gasteiger partial charge in [-0.1, -0.05) is 34.6 Å². The van der Waals surface area contributed by atoms with Crippen molar-refractivity contribution in [1.29, 1.82) is 0 Å². The first-order valence-corrected chi connectivity index (χ1v) is 26.8. The summed E-state index contributed by atoms with van der Waals surface area (Å²) in [4.78, 5) is 7.24. The summed E-state index contributed by atoms with van der Waals surface area (Å²) in [6.07, 6.45) is 4.58. The summed E-state index contributed by atoms with van der Waals surface area (Å²) in [7, 11) is 0. The average Bonchev–Trinajstić information content (AvgIpc) is 3.68. The molecule has 0 atom stereocenters. The Labute approximate surface area is 457 Å². The van der Waals surface area contributed by atoms with Crippen molar-refractivity contribution in [2.24, 2.45) is 5.92 Å². The zero-order chi connectivity index (χ0) is 57.0. The number of anilines is 2. The van der Waals surface area contributed by atoms with Crippen LogP contribution in [0.5, 0.6) is 11.5 Å². The molecule has 0 aliphatic carbocycles. The Morgan fingerprint density at radius 3 is 1.85 bits per heavy atom. The Kier molecular flexibility index (Phi) is 11.5. The Hall–Kier alpha value is -6.50. The third-order valence-corrected chi connectivity index (χ3v) is 15.1. The number of nitrogens with zero attached hydrogens (tertiary/aromatic N) is 6. The molecule has 6 aromatic carbocycles. The molecule has 0 amide bonds. The Morgan fingerprint density at radius 1 is 0.608 bits per heavy atom. The van der Waals surface area contributed by atoms with Crippen LogP contribution in [0.2, 0.25) is 6.32 Å². The van der Waals surface area contributed by atoms with Gasteiger partial charge in [-0.2, -0.15) is 5.10 Å². The number of hydrogen-bond donors (Lipinski definition) is 0. The number of rotatable bonds is 9.